The molecule has 8 aromatic rings. The molecule has 0 bridgehead atoms. The molecular formula is C43H29F6N3. The lowest BCUT2D eigenvalue weighted by atomic mass is 9.92. The standard InChI is InChI=1S/C43H29F6N3/c1-23-9-14-34-31(21-23)32-22-27(42(44,45)46)12-17-35(32)51(34)38-18-13-28(39-26(4)7-6-8-33(39)43(47,48)49)41(40(38)50-5)52-36-15-10-24(2)19-29(36)30-20-25(3)11-16-37(30)52/h6-22H,1-4H3. The molecule has 52 heavy (non-hydrogen) atoms. The van der Waals surface area contributed by atoms with Crippen LogP contribution in [0.15, 0.2) is 103 Å². The molecule has 3 nitrogen and oxygen atoms in total. The van der Waals surface area contributed by atoms with Crippen molar-refractivity contribution in [2.24, 2.45) is 0 Å². The predicted molar refractivity (Wildman–Crippen MR) is 196 cm³/mol. The lowest BCUT2D eigenvalue weighted by Crippen LogP contribution is -2.10. The summed E-state index contributed by atoms with van der Waals surface area (Å²) in [4.78, 5) is 4.07. The monoisotopic (exact) mass is 701 g/mol. The van der Waals surface area contributed by atoms with Crippen LogP contribution >= 0.6 is 0 Å². The molecule has 0 fully saturated rings. The van der Waals surface area contributed by atoms with Gasteiger partial charge in [0, 0.05) is 21.5 Å². The Morgan fingerprint density at radius 2 is 1.04 bits per heavy atom. The molecule has 0 radical (unpaired) electrons. The molecule has 0 unspecified atom stereocenters. The van der Waals surface area contributed by atoms with Gasteiger partial charge in [0.05, 0.1) is 51.1 Å². The number of rotatable bonds is 3. The molecule has 0 spiro atoms. The van der Waals surface area contributed by atoms with Crippen LogP contribution in [0.2, 0.25) is 0 Å². The fourth-order valence-electron chi connectivity index (χ4n) is 7.61. The third kappa shape index (κ3) is 5.04. The second kappa shape index (κ2) is 11.5. The maximum absolute atomic E-state index is 14.8. The molecule has 6 aromatic carbocycles. The van der Waals surface area contributed by atoms with Crippen molar-refractivity contribution in [2.45, 2.75) is 40.0 Å². The van der Waals surface area contributed by atoms with Crippen molar-refractivity contribution in [1.29, 1.82) is 0 Å². The lowest BCUT2D eigenvalue weighted by Gasteiger charge is -2.23. The smallest absolute Gasteiger partial charge is 0.319 e. The average molecular weight is 702 g/mol. The Morgan fingerprint density at radius 3 is 1.54 bits per heavy atom. The highest BCUT2D eigenvalue weighted by Gasteiger charge is 2.36. The molecule has 0 saturated carbocycles. The highest BCUT2D eigenvalue weighted by atomic mass is 19.4. The number of alkyl halides is 6. The first-order valence-electron chi connectivity index (χ1n) is 16.5. The first-order valence-corrected chi connectivity index (χ1v) is 16.5. The van der Waals surface area contributed by atoms with Crippen molar-refractivity contribution in [2.75, 3.05) is 0 Å². The van der Waals surface area contributed by atoms with E-state index in [0.29, 0.717) is 44.1 Å². The van der Waals surface area contributed by atoms with E-state index in [1.165, 1.54) is 12.1 Å². The molecule has 2 heterocycles. The Hall–Kier alpha value is -6.01. The molecule has 0 saturated heterocycles. The second-order valence-electron chi connectivity index (χ2n) is 13.4. The van der Waals surface area contributed by atoms with Crippen LogP contribution < -0.4 is 0 Å². The number of aromatic nitrogens is 2. The first kappa shape index (κ1) is 33.2. The van der Waals surface area contributed by atoms with Gasteiger partial charge in [0.1, 0.15) is 0 Å². The number of aryl methyl sites for hydroxylation is 4. The van der Waals surface area contributed by atoms with E-state index in [-0.39, 0.29) is 22.5 Å². The van der Waals surface area contributed by atoms with E-state index >= 15 is 0 Å². The first-order chi connectivity index (χ1) is 24.7. The highest BCUT2D eigenvalue weighted by Crippen LogP contribution is 2.49. The molecular weight excluding hydrogens is 672 g/mol. The summed E-state index contributed by atoms with van der Waals surface area (Å²) in [5.74, 6) is 0. The Kier molecular flexibility index (Phi) is 7.33. The zero-order valence-corrected chi connectivity index (χ0v) is 28.4. The van der Waals surface area contributed by atoms with E-state index < -0.39 is 23.5 Å². The summed E-state index contributed by atoms with van der Waals surface area (Å²) in [7, 11) is 0. The highest BCUT2D eigenvalue weighted by molar-refractivity contribution is 6.13. The van der Waals surface area contributed by atoms with Crippen LogP contribution in [0, 0.1) is 34.3 Å². The molecule has 0 aliphatic rings. The minimum absolute atomic E-state index is 0.0492. The largest absolute Gasteiger partial charge is 0.417 e. The maximum atomic E-state index is 14.8. The molecule has 0 N–H and O–H groups in total. The van der Waals surface area contributed by atoms with Crippen molar-refractivity contribution in [1.82, 2.24) is 9.13 Å². The van der Waals surface area contributed by atoms with E-state index in [9.17, 15) is 26.3 Å². The van der Waals surface area contributed by atoms with Crippen molar-refractivity contribution in [3.05, 3.63) is 148 Å². The summed E-state index contributed by atoms with van der Waals surface area (Å²) in [5, 5.41) is 2.65. The normalized spacial score (nSPS) is 12.4. The topological polar surface area (TPSA) is 14.2 Å². The summed E-state index contributed by atoms with van der Waals surface area (Å²) in [6, 6.07) is 27.9. The van der Waals surface area contributed by atoms with Gasteiger partial charge in [0.25, 0.3) is 0 Å². The van der Waals surface area contributed by atoms with Gasteiger partial charge in [-0.25, -0.2) is 4.85 Å². The Labute approximate surface area is 294 Å². The van der Waals surface area contributed by atoms with Crippen LogP contribution in [0.3, 0.4) is 0 Å². The van der Waals surface area contributed by atoms with Gasteiger partial charge >= 0.3 is 12.4 Å². The SMILES string of the molecule is [C-]#[N+]c1c(-n2c3ccc(C)cc3c3cc(C(F)(F)F)ccc32)ccc(-c2c(C)cccc2C(F)(F)F)c1-n1c2ccc(C)cc2c2cc(C)ccc21. The molecule has 0 atom stereocenters. The quantitative estimate of drug-likeness (QED) is 0.129. The number of hydrogen-bond acceptors (Lipinski definition) is 0. The number of halogens is 6. The van der Waals surface area contributed by atoms with E-state index in [1.807, 2.05) is 73.9 Å². The average Bonchev–Trinajstić information content (AvgIpc) is 3.57. The van der Waals surface area contributed by atoms with Crippen molar-refractivity contribution in [3.8, 4) is 22.5 Å². The van der Waals surface area contributed by atoms with Gasteiger partial charge in [-0.15, -0.1) is 0 Å². The van der Waals surface area contributed by atoms with Crippen molar-refractivity contribution in [3.63, 3.8) is 0 Å². The molecule has 0 amide bonds. The zero-order valence-electron chi connectivity index (χ0n) is 28.4. The fraction of sp³-hybridized carbons (Fsp3) is 0.140. The third-order valence-electron chi connectivity index (χ3n) is 9.88. The summed E-state index contributed by atoms with van der Waals surface area (Å²) in [6.45, 7) is 16.1. The van der Waals surface area contributed by atoms with Gasteiger partial charge in [0.2, 0.25) is 5.69 Å². The summed E-state index contributed by atoms with van der Waals surface area (Å²) < 4.78 is 90.0. The molecule has 9 heteroatoms. The van der Waals surface area contributed by atoms with E-state index in [0.717, 1.165) is 45.7 Å². The molecule has 0 aliphatic heterocycles. The van der Waals surface area contributed by atoms with Crippen molar-refractivity contribution < 1.29 is 26.3 Å². The predicted octanol–water partition coefficient (Wildman–Crippen LogP) is 13.4. The summed E-state index contributed by atoms with van der Waals surface area (Å²) >= 11 is 0. The second-order valence-corrected chi connectivity index (χ2v) is 13.4. The summed E-state index contributed by atoms with van der Waals surface area (Å²) in [5.41, 5.74) is 4.70. The van der Waals surface area contributed by atoms with E-state index in [2.05, 4.69) is 4.85 Å². The van der Waals surface area contributed by atoms with Crippen molar-refractivity contribution >= 4 is 49.3 Å². The number of fused-ring (bicyclic) bond motifs is 6. The van der Waals surface area contributed by atoms with Gasteiger partial charge in [-0.3, -0.25) is 0 Å². The molecule has 258 valence electrons. The lowest BCUT2D eigenvalue weighted by molar-refractivity contribution is -0.138. The van der Waals surface area contributed by atoms with Crippen LogP contribution in [-0.2, 0) is 12.4 Å². The Balaban J connectivity index is 1.59. The van der Waals surface area contributed by atoms with Crippen LogP contribution in [0.4, 0.5) is 32.0 Å². The van der Waals surface area contributed by atoms with Gasteiger partial charge in [-0.05, 0) is 111 Å². The minimum atomic E-state index is -4.70. The fourth-order valence-corrected chi connectivity index (χ4v) is 7.61. The zero-order chi connectivity index (χ0) is 36.9. The Bertz CT molecular complexity index is 2770. The van der Waals surface area contributed by atoms with Gasteiger partial charge < -0.3 is 9.13 Å². The van der Waals surface area contributed by atoms with Crippen LogP contribution in [-0.4, -0.2) is 9.13 Å². The van der Waals surface area contributed by atoms with Gasteiger partial charge in [-0.2, -0.15) is 26.3 Å². The minimum Gasteiger partial charge on any atom is -0.319 e. The number of nitrogens with zero attached hydrogens (tertiary/aromatic N) is 3. The molecule has 2 aromatic heterocycles. The maximum Gasteiger partial charge on any atom is 0.417 e. The Morgan fingerprint density at radius 1 is 0.538 bits per heavy atom. The van der Waals surface area contributed by atoms with Crippen LogP contribution in [0.25, 0.3) is 71.0 Å². The summed E-state index contributed by atoms with van der Waals surface area (Å²) in [6.07, 6.45) is -9.29. The van der Waals surface area contributed by atoms with Gasteiger partial charge in [0.15, 0.2) is 0 Å². The van der Waals surface area contributed by atoms with E-state index in [4.69, 9.17) is 6.57 Å². The van der Waals surface area contributed by atoms with Crippen LogP contribution in [0.5, 0.6) is 0 Å². The molecule has 0 aliphatic carbocycles. The van der Waals surface area contributed by atoms with Crippen LogP contribution in [0.1, 0.15) is 33.4 Å². The third-order valence-corrected chi connectivity index (χ3v) is 9.88. The van der Waals surface area contributed by atoms with E-state index in [1.54, 1.807) is 35.8 Å². The molecule has 8 rings (SSSR count). The van der Waals surface area contributed by atoms with Gasteiger partial charge in [-0.1, -0.05) is 53.1 Å². The number of hydrogen-bond donors (Lipinski definition) is 0. The number of benzene rings is 6.